The smallest absolute Gasteiger partial charge is 0.248 e. The van der Waals surface area contributed by atoms with Crippen LogP contribution in [0.15, 0.2) is 53.3 Å². The number of pyridine rings is 1. The molecule has 210 valence electrons. The minimum atomic E-state index is -0.229. The second kappa shape index (κ2) is 15.1. The topological polar surface area (TPSA) is 97.5 Å². The van der Waals surface area contributed by atoms with E-state index in [9.17, 15) is 14.7 Å². The van der Waals surface area contributed by atoms with Gasteiger partial charge in [-0.05, 0) is 74.2 Å². The summed E-state index contributed by atoms with van der Waals surface area (Å²) < 4.78 is 0. The molecule has 1 fully saturated rings. The van der Waals surface area contributed by atoms with E-state index in [2.05, 4.69) is 20.5 Å². The third-order valence-electron chi connectivity index (χ3n) is 7.67. The number of aromatic amines is 1. The quantitative estimate of drug-likeness (QED) is 0.180. The highest BCUT2D eigenvalue weighted by Crippen LogP contribution is 2.25. The molecule has 0 spiro atoms. The van der Waals surface area contributed by atoms with Gasteiger partial charge in [-0.3, -0.25) is 9.59 Å². The Balaban J connectivity index is 1.24. The number of phenolic OH excluding ortho intramolecular Hbond substituents is 1. The van der Waals surface area contributed by atoms with Crippen molar-refractivity contribution in [2.75, 3.05) is 32.7 Å². The van der Waals surface area contributed by atoms with Gasteiger partial charge in [0.2, 0.25) is 11.5 Å². The first-order valence-corrected chi connectivity index (χ1v) is 14.7. The van der Waals surface area contributed by atoms with Gasteiger partial charge in [-0.2, -0.15) is 0 Å². The van der Waals surface area contributed by atoms with E-state index in [1.807, 2.05) is 30.3 Å². The van der Waals surface area contributed by atoms with Gasteiger partial charge in [0.15, 0.2) is 0 Å². The highest BCUT2D eigenvalue weighted by atomic mass is 35.5. The summed E-state index contributed by atoms with van der Waals surface area (Å²) in [4.78, 5) is 29.8. The summed E-state index contributed by atoms with van der Waals surface area (Å²) in [6, 6.07) is 15.0. The van der Waals surface area contributed by atoms with E-state index in [1.165, 1.54) is 37.3 Å². The van der Waals surface area contributed by atoms with E-state index >= 15 is 0 Å². The number of nitrogens with zero attached hydrogens (tertiary/aromatic N) is 1. The van der Waals surface area contributed by atoms with Crippen LogP contribution in [0.2, 0.25) is 5.02 Å². The van der Waals surface area contributed by atoms with Crippen molar-refractivity contribution in [3.63, 3.8) is 0 Å². The number of aromatic hydroxyl groups is 1. The number of halogens is 1. The molecule has 0 saturated heterocycles. The van der Waals surface area contributed by atoms with Crippen LogP contribution in [0.4, 0.5) is 0 Å². The average Bonchev–Trinajstić information content (AvgIpc) is 3.22. The van der Waals surface area contributed by atoms with Gasteiger partial charge in [-0.15, -0.1) is 0 Å². The molecule has 0 unspecified atom stereocenters. The number of phenols is 1. The predicted molar refractivity (Wildman–Crippen MR) is 159 cm³/mol. The number of benzene rings is 2. The second-order valence-corrected chi connectivity index (χ2v) is 10.9. The Bertz CT molecular complexity index is 1250. The molecule has 3 aromatic rings. The fourth-order valence-electron chi connectivity index (χ4n) is 5.49. The number of rotatable bonds is 13. The van der Waals surface area contributed by atoms with Crippen LogP contribution in [0.25, 0.3) is 10.9 Å². The van der Waals surface area contributed by atoms with Crippen molar-refractivity contribution >= 4 is 28.4 Å². The van der Waals surface area contributed by atoms with Crippen LogP contribution >= 0.6 is 11.6 Å². The first-order valence-electron chi connectivity index (χ1n) is 14.3. The zero-order chi connectivity index (χ0) is 27.5. The molecule has 39 heavy (non-hydrogen) atoms. The van der Waals surface area contributed by atoms with Gasteiger partial charge in [-0.25, -0.2) is 0 Å². The molecular weight excluding hydrogens is 512 g/mol. The van der Waals surface area contributed by atoms with Crippen LogP contribution in [0.3, 0.4) is 0 Å². The van der Waals surface area contributed by atoms with Crippen LogP contribution in [0, 0.1) is 0 Å². The number of H-pyrrole nitrogens is 1. The highest BCUT2D eigenvalue weighted by molar-refractivity contribution is 6.30. The fraction of sp³-hybridized carbons (Fsp3) is 0.484. The minimum absolute atomic E-state index is 0.0800. The van der Waals surface area contributed by atoms with Crippen LogP contribution < -0.4 is 16.2 Å². The number of hydrogen-bond donors (Lipinski definition) is 4. The molecule has 8 heteroatoms. The lowest BCUT2D eigenvalue weighted by molar-refractivity contribution is -0.133. The Kier molecular flexibility index (Phi) is 11.2. The summed E-state index contributed by atoms with van der Waals surface area (Å²) in [5.74, 6) is 0.313. The molecule has 0 atom stereocenters. The molecule has 1 amide bonds. The normalized spacial score (nSPS) is 14.4. The summed E-state index contributed by atoms with van der Waals surface area (Å²) in [5, 5.41) is 18.7. The van der Waals surface area contributed by atoms with Crippen molar-refractivity contribution in [2.45, 2.75) is 63.8 Å². The average molecular weight is 553 g/mol. The number of carbonyl (C=O) groups is 1. The number of hydrogen-bond acceptors (Lipinski definition) is 5. The molecular formula is C31H41ClN4O3. The van der Waals surface area contributed by atoms with Crippen molar-refractivity contribution in [1.82, 2.24) is 20.5 Å². The predicted octanol–water partition coefficient (Wildman–Crippen LogP) is 4.79. The Hall–Kier alpha value is -2.87. The van der Waals surface area contributed by atoms with E-state index in [4.69, 9.17) is 11.6 Å². The van der Waals surface area contributed by atoms with Crippen molar-refractivity contribution in [1.29, 1.82) is 0 Å². The molecule has 2 aromatic carbocycles. The molecule has 0 radical (unpaired) electrons. The SMILES string of the molecule is O=C(CCNCCc1ccc(Cl)cc1)N(CCNCCc1ccc(O)c2[nH]c(=O)ccc12)C1CCCCCC1. The molecule has 4 N–H and O–H groups in total. The summed E-state index contributed by atoms with van der Waals surface area (Å²) >= 11 is 5.97. The fourth-order valence-corrected chi connectivity index (χ4v) is 5.62. The van der Waals surface area contributed by atoms with Crippen LogP contribution in [-0.2, 0) is 17.6 Å². The lowest BCUT2D eigenvalue weighted by atomic mass is 10.0. The Morgan fingerprint density at radius 3 is 2.38 bits per heavy atom. The maximum absolute atomic E-state index is 13.3. The van der Waals surface area contributed by atoms with Crippen LogP contribution in [0.5, 0.6) is 5.75 Å². The number of nitrogens with one attached hydrogen (secondary N) is 3. The van der Waals surface area contributed by atoms with Crippen molar-refractivity contribution in [3.8, 4) is 5.75 Å². The molecule has 0 bridgehead atoms. The molecule has 4 rings (SSSR count). The van der Waals surface area contributed by atoms with Gasteiger partial charge < -0.3 is 25.6 Å². The summed E-state index contributed by atoms with van der Waals surface area (Å²) in [6.45, 7) is 3.70. The maximum Gasteiger partial charge on any atom is 0.248 e. The van der Waals surface area contributed by atoms with E-state index in [-0.39, 0.29) is 17.2 Å². The Morgan fingerprint density at radius 2 is 1.62 bits per heavy atom. The van der Waals surface area contributed by atoms with Crippen molar-refractivity contribution in [3.05, 3.63) is 75.0 Å². The number of aromatic nitrogens is 1. The third kappa shape index (κ3) is 8.82. The van der Waals surface area contributed by atoms with Crippen LogP contribution in [0.1, 0.15) is 56.1 Å². The molecule has 1 heterocycles. The van der Waals surface area contributed by atoms with Gasteiger partial charge in [0.1, 0.15) is 5.75 Å². The molecule has 1 aliphatic carbocycles. The molecule has 1 saturated carbocycles. The largest absolute Gasteiger partial charge is 0.506 e. The monoisotopic (exact) mass is 552 g/mol. The van der Waals surface area contributed by atoms with E-state index in [0.717, 1.165) is 61.3 Å². The number of carbonyl (C=O) groups excluding carboxylic acids is 1. The zero-order valence-electron chi connectivity index (χ0n) is 22.7. The first kappa shape index (κ1) is 29.1. The van der Waals surface area contributed by atoms with Gasteiger partial charge in [0.05, 0.1) is 5.52 Å². The van der Waals surface area contributed by atoms with Crippen molar-refractivity contribution in [2.24, 2.45) is 0 Å². The molecule has 0 aliphatic heterocycles. The van der Waals surface area contributed by atoms with E-state index in [0.29, 0.717) is 31.1 Å². The second-order valence-electron chi connectivity index (χ2n) is 10.5. The van der Waals surface area contributed by atoms with Gasteiger partial charge in [-0.1, -0.05) is 55.5 Å². The molecule has 1 aliphatic rings. The molecule has 7 nitrogen and oxygen atoms in total. The molecule has 1 aromatic heterocycles. The maximum atomic E-state index is 13.3. The number of amides is 1. The highest BCUT2D eigenvalue weighted by Gasteiger charge is 2.24. The van der Waals surface area contributed by atoms with Crippen molar-refractivity contribution < 1.29 is 9.90 Å². The first-order chi connectivity index (χ1) is 19.0. The Labute approximate surface area is 236 Å². The summed E-state index contributed by atoms with van der Waals surface area (Å²) in [6.07, 6.45) is 9.26. The van der Waals surface area contributed by atoms with Gasteiger partial charge >= 0.3 is 0 Å². The van der Waals surface area contributed by atoms with Gasteiger partial charge in [0.25, 0.3) is 0 Å². The third-order valence-corrected chi connectivity index (χ3v) is 7.92. The summed E-state index contributed by atoms with van der Waals surface area (Å²) in [5.41, 5.74) is 2.55. The standard InChI is InChI=1S/C31H41ClN4O3/c32-25-10-7-23(8-11-25)15-18-33-20-17-30(39)36(26-5-3-1-2-4-6-26)22-21-34-19-16-24-9-13-28(37)31-27(24)12-14-29(38)35-31/h7-14,26,33-34,37H,1-6,15-22H2,(H,35,38). The lowest BCUT2D eigenvalue weighted by Gasteiger charge is -2.32. The zero-order valence-corrected chi connectivity index (χ0v) is 23.4. The Morgan fingerprint density at radius 1 is 0.897 bits per heavy atom. The van der Waals surface area contributed by atoms with Gasteiger partial charge in [0, 0.05) is 48.6 Å². The van der Waals surface area contributed by atoms with E-state index in [1.54, 1.807) is 12.1 Å². The minimum Gasteiger partial charge on any atom is -0.506 e. The summed E-state index contributed by atoms with van der Waals surface area (Å²) in [7, 11) is 0. The van der Waals surface area contributed by atoms with Crippen LogP contribution in [-0.4, -0.2) is 59.7 Å². The lowest BCUT2D eigenvalue weighted by Crippen LogP contribution is -2.45. The van der Waals surface area contributed by atoms with E-state index < -0.39 is 0 Å². The number of fused-ring (bicyclic) bond motifs is 1.